The topological polar surface area (TPSA) is 65.0 Å². The maximum absolute atomic E-state index is 11.3. The molecule has 5 heteroatoms. The van der Waals surface area contributed by atoms with E-state index in [2.05, 4.69) is 0 Å². The molecular formula is C12H14O5. The van der Waals surface area contributed by atoms with Gasteiger partial charge in [-0.3, -0.25) is 4.79 Å². The minimum Gasteiger partial charge on any atom is -0.504 e. The van der Waals surface area contributed by atoms with Crippen LogP contribution in [0, 0.1) is 6.92 Å². The Morgan fingerprint density at radius 1 is 1.18 bits per heavy atom. The third-order valence-corrected chi connectivity index (χ3v) is 2.91. The first-order valence-electron chi connectivity index (χ1n) is 5.27. The zero-order valence-electron chi connectivity index (χ0n) is 9.99. The Balaban J connectivity index is 2.72. The number of hydrogen-bond donors (Lipinski definition) is 1. The first-order chi connectivity index (χ1) is 8.10. The Bertz CT molecular complexity index is 479. The van der Waals surface area contributed by atoms with Gasteiger partial charge >= 0.3 is 5.97 Å². The van der Waals surface area contributed by atoms with E-state index < -0.39 is 0 Å². The number of phenols is 1. The van der Waals surface area contributed by atoms with E-state index >= 15 is 0 Å². The van der Waals surface area contributed by atoms with Crippen molar-refractivity contribution in [3.05, 3.63) is 11.1 Å². The molecule has 92 valence electrons. The predicted molar refractivity (Wildman–Crippen MR) is 59.9 cm³/mol. The van der Waals surface area contributed by atoms with Crippen molar-refractivity contribution in [2.45, 2.75) is 19.8 Å². The van der Waals surface area contributed by atoms with E-state index in [-0.39, 0.29) is 23.2 Å². The molecule has 0 bridgehead atoms. The van der Waals surface area contributed by atoms with E-state index in [4.69, 9.17) is 14.2 Å². The molecule has 1 aliphatic heterocycles. The molecule has 0 radical (unpaired) electrons. The number of methoxy groups -OCH3 is 2. The van der Waals surface area contributed by atoms with E-state index in [1.807, 2.05) is 0 Å². The Morgan fingerprint density at radius 3 is 2.41 bits per heavy atom. The lowest BCUT2D eigenvalue weighted by molar-refractivity contribution is -0.135. The highest BCUT2D eigenvalue weighted by atomic mass is 16.6. The smallest absolute Gasteiger partial charge is 0.311 e. The summed E-state index contributed by atoms with van der Waals surface area (Å²) in [6.07, 6.45) is 0.844. The van der Waals surface area contributed by atoms with Crippen LogP contribution in [0.1, 0.15) is 17.5 Å². The lowest BCUT2D eigenvalue weighted by Gasteiger charge is -2.23. The molecule has 0 amide bonds. The summed E-state index contributed by atoms with van der Waals surface area (Å²) in [5, 5.41) is 9.99. The molecule has 17 heavy (non-hydrogen) atoms. The number of rotatable bonds is 2. The van der Waals surface area contributed by atoms with Crippen molar-refractivity contribution in [1.29, 1.82) is 0 Å². The van der Waals surface area contributed by atoms with Crippen molar-refractivity contribution in [1.82, 2.24) is 0 Å². The fourth-order valence-electron chi connectivity index (χ4n) is 2.01. The Kier molecular flexibility index (Phi) is 2.83. The first-order valence-corrected chi connectivity index (χ1v) is 5.27. The molecule has 0 atom stereocenters. The molecule has 0 fully saturated rings. The van der Waals surface area contributed by atoms with Gasteiger partial charge in [0.25, 0.3) is 0 Å². The molecule has 5 nitrogen and oxygen atoms in total. The third kappa shape index (κ3) is 1.67. The van der Waals surface area contributed by atoms with Gasteiger partial charge in [0, 0.05) is 11.1 Å². The SMILES string of the molecule is COc1c(O)c(C)c2c(c1OC)OC(=O)CC2. The van der Waals surface area contributed by atoms with E-state index in [1.54, 1.807) is 6.92 Å². The Labute approximate surface area is 98.9 Å². The number of esters is 1. The van der Waals surface area contributed by atoms with Gasteiger partial charge in [0.2, 0.25) is 11.5 Å². The number of carbonyl (C=O) groups is 1. The van der Waals surface area contributed by atoms with Gasteiger partial charge in [-0.15, -0.1) is 0 Å². The Hall–Kier alpha value is -1.91. The normalized spacial score (nSPS) is 13.9. The van der Waals surface area contributed by atoms with Gasteiger partial charge in [0.05, 0.1) is 20.6 Å². The molecule has 0 spiro atoms. The zero-order chi connectivity index (χ0) is 12.6. The van der Waals surface area contributed by atoms with Crippen LogP contribution in [0.5, 0.6) is 23.0 Å². The van der Waals surface area contributed by atoms with Crippen molar-refractivity contribution in [3.63, 3.8) is 0 Å². The molecule has 1 heterocycles. The molecule has 0 aliphatic carbocycles. The average molecular weight is 238 g/mol. The molecule has 1 aromatic carbocycles. The summed E-state index contributed by atoms with van der Waals surface area (Å²) in [5.74, 6) is 0.539. The Morgan fingerprint density at radius 2 is 1.82 bits per heavy atom. The van der Waals surface area contributed by atoms with Crippen molar-refractivity contribution >= 4 is 5.97 Å². The average Bonchev–Trinajstić information content (AvgIpc) is 2.33. The van der Waals surface area contributed by atoms with Crippen LogP contribution in [0.25, 0.3) is 0 Å². The summed E-state index contributed by atoms with van der Waals surface area (Å²) in [5.41, 5.74) is 1.45. The summed E-state index contributed by atoms with van der Waals surface area (Å²) < 4.78 is 15.4. The summed E-state index contributed by atoms with van der Waals surface area (Å²) in [7, 11) is 2.86. The first kappa shape index (κ1) is 11.6. The summed E-state index contributed by atoms with van der Waals surface area (Å²) in [6, 6.07) is 0. The molecular weight excluding hydrogens is 224 g/mol. The van der Waals surface area contributed by atoms with Crippen molar-refractivity contribution in [2.75, 3.05) is 14.2 Å². The number of benzene rings is 1. The highest BCUT2D eigenvalue weighted by Crippen LogP contribution is 2.50. The molecule has 0 saturated heterocycles. The van der Waals surface area contributed by atoms with E-state index in [0.29, 0.717) is 24.2 Å². The van der Waals surface area contributed by atoms with Crippen LogP contribution < -0.4 is 14.2 Å². The molecule has 2 rings (SSSR count). The van der Waals surface area contributed by atoms with Crippen molar-refractivity contribution in [3.8, 4) is 23.0 Å². The number of phenolic OH excluding ortho intramolecular Hbond substituents is 1. The molecule has 1 aromatic rings. The second-order valence-electron chi connectivity index (χ2n) is 3.82. The number of fused-ring (bicyclic) bond motifs is 1. The maximum Gasteiger partial charge on any atom is 0.311 e. The molecule has 1 aliphatic rings. The number of ether oxygens (including phenoxy) is 3. The molecule has 0 unspecified atom stereocenters. The lowest BCUT2D eigenvalue weighted by atomic mass is 9.98. The molecule has 1 N–H and O–H groups in total. The minimum absolute atomic E-state index is 0.0287. The van der Waals surface area contributed by atoms with Gasteiger partial charge in [0.1, 0.15) is 0 Å². The summed E-state index contributed by atoms with van der Waals surface area (Å²) in [4.78, 5) is 11.3. The zero-order valence-corrected chi connectivity index (χ0v) is 9.99. The fraction of sp³-hybridized carbons (Fsp3) is 0.417. The fourth-order valence-corrected chi connectivity index (χ4v) is 2.01. The van der Waals surface area contributed by atoms with Crippen LogP contribution in [0.15, 0.2) is 0 Å². The number of hydrogen-bond acceptors (Lipinski definition) is 5. The third-order valence-electron chi connectivity index (χ3n) is 2.91. The largest absolute Gasteiger partial charge is 0.504 e. The van der Waals surface area contributed by atoms with Crippen molar-refractivity contribution < 1.29 is 24.1 Å². The summed E-state index contributed by atoms with van der Waals surface area (Å²) >= 11 is 0. The second kappa shape index (κ2) is 4.16. The lowest BCUT2D eigenvalue weighted by Crippen LogP contribution is -2.17. The second-order valence-corrected chi connectivity index (χ2v) is 3.82. The maximum atomic E-state index is 11.3. The predicted octanol–water partition coefficient (Wildman–Crippen LogP) is 1.57. The van der Waals surface area contributed by atoms with Gasteiger partial charge < -0.3 is 19.3 Å². The quantitative estimate of drug-likeness (QED) is 0.625. The number of aromatic hydroxyl groups is 1. The van der Waals surface area contributed by atoms with Gasteiger partial charge in [0.15, 0.2) is 11.5 Å². The van der Waals surface area contributed by atoms with Gasteiger partial charge in [-0.05, 0) is 13.3 Å². The number of carbonyl (C=O) groups excluding carboxylic acids is 1. The van der Waals surface area contributed by atoms with Crippen molar-refractivity contribution in [2.24, 2.45) is 0 Å². The van der Waals surface area contributed by atoms with Gasteiger partial charge in [-0.1, -0.05) is 0 Å². The van der Waals surface area contributed by atoms with Crippen LogP contribution in [0.4, 0.5) is 0 Å². The van der Waals surface area contributed by atoms with Crippen LogP contribution in [-0.2, 0) is 11.2 Å². The molecule has 0 saturated carbocycles. The van der Waals surface area contributed by atoms with E-state index in [0.717, 1.165) is 5.56 Å². The van der Waals surface area contributed by atoms with Crippen LogP contribution in [0.2, 0.25) is 0 Å². The minimum atomic E-state index is -0.303. The highest BCUT2D eigenvalue weighted by Gasteiger charge is 2.29. The van der Waals surface area contributed by atoms with E-state index in [9.17, 15) is 9.90 Å². The van der Waals surface area contributed by atoms with Crippen LogP contribution in [-0.4, -0.2) is 25.3 Å². The standard InChI is InChI=1S/C12H14O5/c1-6-7-4-5-8(13)17-10(7)12(16-3)11(15-2)9(6)14/h14H,4-5H2,1-3H3. The monoisotopic (exact) mass is 238 g/mol. The highest BCUT2D eigenvalue weighted by molar-refractivity contribution is 5.79. The van der Waals surface area contributed by atoms with Crippen LogP contribution >= 0.6 is 0 Å². The van der Waals surface area contributed by atoms with Crippen LogP contribution in [0.3, 0.4) is 0 Å². The van der Waals surface area contributed by atoms with Gasteiger partial charge in [-0.25, -0.2) is 0 Å². The molecule has 0 aromatic heterocycles. The summed E-state index contributed by atoms with van der Waals surface area (Å²) in [6.45, 7) is 1.76. The van der Waals surface area contributed by atoms with Gasteiger partial charge in [-0.2, -0.15) is 0 Å². The van der Waals surface area contributed by atoms with E-state index in [1.165, 1.54) is 14.2 Å².